The maximum absolute atomic E-state index is 11.9. The number of aromatic nitrogens is 4. The van der Waals surface area contributed by atoms with Crippen molar-refractivity contribution in [2.75, 3.05) is 24.2 Å². The zero-order valence-corrected chi connectivity index (χ0v) is 16.9. The van der Waals surface area contributed by atoms with Gasteiger partial charge in [0, 0.05) is 42.7 Å². The predicted octanol–water partition coefficient (Wildman–Crippen LogP) is 2.15. The number of carboxylic acids is 1. The van der Waals surface area contributed by atoms with E-state index < -0.39 is 21.0 Å². The van der Waals surface area contributed by atoms with Crippen molar-refractivity contribution in [2.24, 2.45) is 0 Å². The molecule has 152 valence electrons. The first-order valence-electron chi connectivity index (χ1n) is 9.24. The van der Waals surface area contributed by atoms with Crippen LogP contribution >= 0.6 is 0 Å². The van der Waals surface area contributed by atoms with Crippen molar-refractivity contribution in [2.45, 2.75) is 30.8 Å². The van der Waals surface area contributed by atoms with Gasteiger partial charge >= 0.3 is 5.97 Å². The molecule has 9 nitrogen and oxygen atoms in total. The summed E-state index contributed by atoms with van der Waals surface area (Å²) in [7, 11) is -3.73. The first kappa shape index (κ1) is 19.3. The molecule has 4 heterocycles. The summed E-state index contributed by atoms with van der Waals surface area (Å²) < 4.78 is 23.9. The van der Waals surface area contributed by atoms with Gasteiger partial charge in [0.25, 0.3) is 0 Å². The second-order valence-corrected chi connectivity index (χ2v) is 9.20. The molecule has 10 heteroatoms. The maximum atomic E-state index is 11.9. The Morgan fingerprint density at radius 2 is 2.00 bits per heavy atom. The molecular formula is C19H21N5O4S. The molecule has 0 amide bonds. The molecule has 0 unspecified atom stereocenters. The van der Waals surface area contributed by atoms with Gasteiger partial charge in [-0.2, -0.15) is 0 Å². The molecule has 0 bridgehead atoms. The Kier molecular flexibility index (Phi) is 4.73. The number of H-pyrrole nitrogens is 1. The highest BCUT2D eigenvalue weighted by Crippen LogP contribution is 2.34. The van der Waals surface area contributed by atoms with Gasteiger partial charge in [0.2, 0.25) is 15.0 Å². The number of aromatic amines is 1. The normalized spacial score (nSPS) is 15.7. The lowest BCUT2D eigenvalue weighted by molar-refractivity contribution is 0.0688. The molecule has 2 N–H and O–H groups in total. The van der Waals surface area contributed by atoms with Gasteiger partial charge in [0.1, 0.15) is 11.5 Å². The van der Waals surface area contributed by atoms with Gasteiger partial charge in [-0.05, 0) is 43.4 Å². The molecule has 29 heavy (non-hydrogen) atoms. The summed E-state index contributed by atoms with van der Waals surface area (Å²) in [6.45, 7) is 2.89. The molecule has 0 spiro atoms. The first-order valence-corrected chi connectivity index (χ1v) is 11.1. The lowest BCUT2D eigenvalue weighted by atomic mass is 9.89. The largest absolute Gasteiger partial charge is 0.476 e. The molecule has 3 aromatic rings. The van der Waals surface area contributed by atoms with Crippen molar-refractivity contribution in [3.8, 4) is 0 Å². The molecule has 1 saturated heterocycles. The second kappa shape index (κ2) is 7.11. The fourth-order valence-corrected chi connectivity index (χ4v) is 4.39. The summed E-state index contributed by atoms with van der Waals surface area (Å²) in [5.41, 5.74) is 2.18. The van der Waals surface area contributed by atoms with Gasteiger partial charge in [-0.1, -0.05) is 0 Å². The molecule has 0 aliphatic carbocycles. The van der Waals surface area contributed by atoms with Crippen LogP contribution in [0.15, 0.2) is 29.7 Å². The predicted molar refractivity (Wildman–Crippen MR) is 107 cm³/mol. The van der Waals surface area contributed by atoms with E-state index in [1.165, 1.54) is 5.56 Å². The highest BCUT2D eigenvalue weighted by molar-refractivity contribution is 7.90. The zero-order chi connectivity index (χ0) is 20.8. The number of pyridine rings is 1. The number of nitrogens with zero attached hydrogens (tertiary/aromatic N) is 4. The molecule has 1 aliphatic heterocycles. The Hall–Kier alpha value is -3.01. The highest BCUT2D eigenvalue weighted by atomic mass is 32.2. The van der Waals surface area contributed by atoms with Crippen LogP contribution in [0.4, 0.5) is 5.82 Å². The Bertz CT molecular complexity index is 1200. The van der Waals surface area contributed by atoms with E-state index in [9.17, 15) is 18.3 Å². The van der Waals surface area contributed by atoms with Crippen LogP contribution < -0.4 is 4.90 Å². The van der Waals surface area contributed by atoms with Gasteiger partial charge in [0.15, 0.2) is 5.69 Å². The van der Waals surface area contributed by atoms with Crippen molar-refractivity contribution in [1.82, 2.24) is 19.9 Å². The molecule has 3 aromatic heterocycles. The van der Waals surface area contributed by atoms with Crippen LogP contribution in [-0.2, 0) is 9.84 Å². The van der Waals surface area contributed by atoms with E-state index in [0.717, 1.165) is 30.1 Å². The summed E-state index contributed by atoms with van der Waals surface area (Å²) in [4.78, 5) is 29.0. The molecule has 1 aliphatic rings. The summed E-state index contributed by atoms with van der Waals surface area (Å²) in [5.74, 6) is -0.561. The number of carbonyl (C=O) groups is 1. The van der Waals surface area contributed by atoms with Crippen LogP contribution in [0, 0.1) is 6.92 Å². The Balaban J connectivity index is 1.63. The smallest absolute Gasteiger partial charge is 0.355 e. The van der Waals surface area contributed by atoms with Crippen LogP contribution in [0.3, 0.4) is 0 Å². The van der Waals surface area contributed by atoms with Crippen LogP contribution in [0.1, 0.15) is 40.4 Å². The van der Waals surface area contributed by atoms with Crippen molar-refractivity contribution in [3.05, 3.63) is 41.3 Å². The number of piperidine rings is 1. The SMILES string of the molecule is Cc1c(C(=O)O)nc(S(C)(=O)=O)nc1N1CCC(c2c[nH]c3ncccc23)CC1. The van der Waals surface area contributed by atoms with Gasteiger partial charge in [-0.3, -0.25) is 0 Å². The van der Waals surface area contributed by atoms with Gasteiger partial charge in [-0.15, -0.1) is 0 Å². The van der Waals surface area contributed by atoms with E-state index in [2.05, 4.69) is 19.9 Å². The number of carboxylic acid groups (broad SMARTS) is 1. The molecule has 1 fully saturated rings. The third kappa shape index (κ3) is 3.55. The average molecular weight is 415 g/mol. The fourth-order valence-electron chi connectivity index (χ4n) is 3.88. The van der Waals surface area contributed by atoms with Crippen molar-refractivity contribution in [1.29, 1.82) is 0 Å². The van der Waals surface area contributed by atoms with E-state index in [1.807, 2.05) is 23.2 Å². The van der Waals surface area contributed by atoms with E-state index >= 15 is 0 Å². The summed E-state index contributed by atoms with van der Waals surface area (Å²) in [6, 6.07) is 3.96. The highest BCUT2D eigenvalue weighted by Gasteiger charge is 2.28. The van der Waals surface area contributed by atoms with Crippen molar-refractivity contribution >= 4 is 32.7 Å². The Morgan fingerprint density at radius 1 is 1.28 bits per heavy atom. The first-order chi connectivity index (χ1) is 13.8. The maximum Gasteiger partial charge on any atom is 0.355 e. The number of sulfone groups is 1. The minimum absolute atomic E-state index is 0.278. The zero-order valence-electron chi connectivity index (χ0n) is 16.1. The molecule has 0 atom stereocenters. The Morgan fingerprint density at radius 3 is 2.66 bits per heavy atom. The second-order valence-electron chi connectivity index (χ2n) is 7.29. The van der Waals surface area contributed by atoms with E-state index in [0.29, 0.717) is 30.4 Å². The van der Waals surface area contributed by atoms with Crippen LogP contribution in [-0.4, -0.2) is 58.8 Å². The molecule has 0 radical (unpaired) electrons. The van der Waals surface area contributed by atoms with E-state index in [4.69, 9.17) is 0 Å². The number of rotatable bonds is 4. The Labute approximate surface area is 167 Å². The average Bonchev–Trinajstić information content (AvgIpc) is 3.11. The van der Waals surface area contributed by atoms with Crippen LogP contribution in [0.5, 0.6) is 0 Å². The van der Waals surface area contributed by atoms with Gasteiger partial charge < -0.3 is 15.0 Å². The monoisotopic (exact) mass is 415 g/mol. The van der Waals surface area contributed by atoms with E-state index in [1.54, 1.807) is 13.1 Å². The number of aromatic carboxylic acids is 1. The van der Waals surface area contributed by atoms with Crippen molar-refractivity contribution < 1.29 is 18.3 Å². The van der Waals surface area contributed by atoms with Gasteiger partial charge in [-0.25, -0.2) is 28.2 Å². The van der Waals surface area contributed by atoms with Gasteiger partial charge in [0.05, 0.1) is 0 Å². The quantitative estimate of drug-likeness (QED) is 0.620. The van der Waals surface area contributed by atoms with Crippen LogP contribution in [0.25, 0.3) is 11.0 Å². The van der Waals surface area contributed by atoms with Crippen molar-refractivity contribution in [3.63, 3.8) is 0 Å². The number of anilines is 1. The molecule has 0 aromatic carbocycles. The lowest BCUT2D eigenvalue weighted by Crippen LogP contribution is -2.35. The topological polar surface area (TPSA) is 129 Å². The van der Waals surface area contributed by atoms with E-state index in [-0.39, 0.29) is 5.69 Å². The summed E-state index contributed by atoms with van der Waals surface area (Å²) >= 11 is 0. The van der Waals surface area contributed by atoms with Crippen LogP contribution in [0.2, 0.25) is 0 Å². The third-order valence-electron chi connectivity index (χ3n) is 5.35. The molecular weight excluding hydrogens is 394 g/mol. The molecule has 4 rings (SSSR count). The fraction of sp³-hybridized carbons (Fsp3) is 0.368. The number of hydrogen-bond acceptors (Lipinski definition) is 7. The summed E-state index contributed by atoms with van der Waals surface area (Å²) in [5, 5.41) is 10.1. The third-order valence-corrected chi connectivity index (χ3v) is 6.20. The number of nitrogens with one attached hydrogen (secondary N) is 1. The number of hydrogen-bond donors (Lipinski definition) is 2. The number of fused-ring (bicyclic) bond motifs is 1. The minimum atomic E-state index is -3.73. The lowest BCUT2D eigenvalue weighted by Gasteiger charge is -2.33. The summed E-state index contributed by atoms with van der Waals surface area (Å²) in [6.07, 6.45) is 6.40. The minimum Gasteiger partial charge on any atom is -0.476 e. The standard InChI is InChI=1S/C19H21N5O4S/c1-11-15(18(25)26)22-19(29(2,27)28)23-17(11)24-8-5-12(6-9-24)14-10-21-16-13(14)4-3-7-20-16/h3-4,7,10,12H,5-6,8-9H2,1-2H3,(H,20,21)(H,25,26). The molecule has 0 saturated carbocycles.